The third-order valence-electron chi connectivity index (χ3n) is 8.30. The molecule has 0 aromatic rings. The van der Waals surface area contributed by atoms with Gasteiger partial charge in [0.15, 0.2) is 5.78 Å². The van der Waals surface area contributed by atoms with Crippen LogP contribution in [0.15, 0.2) is 23.3 Å². The van der Waals surface area contributed by atoms with E-state index in [2.05, 4.69) is 13.8 Å². The lowest BCUT2D eigenvalue weighted by Gasteiger charge is -2.57. The predicted octanol–water partition coefficient (Wildman–Crippen LogP) is 4.62. The van der Waals surface area contributed by atoms with Crippen LogP contribution in [0.2, 0.25) is 0 Å². The monoisotopic (exact) mass is 342 g/mol. The van der Waals surface area contributed by atoms with Gasteiger partial charge in [-0.15, -0.1) is 0 Å². The maximum atomic E-state index is 11.9. The van der Waals surface area contributed by atoms with Gasteiger partial charge in [-0.1, -0.05) is 25.0 Å². The number of ether oxygens (including phenoxy) is 1. The molecular weight excluding hydrogens is 312 g/mol. The standard InChI is InChI=1S/C22H30O3/c1-21-10-8-16(23)12-14(21)4-6-17-18-7-5-15(13-20(24)25-3)22(18,2)11-9-19(17)21/h12-13,17-19H,4-11H2,1-3H3/t17-,18-,19-,21-,22+/m0/s1. The van der Waals surface area contributed by atoms with Crippen molar-refractivity contribution < 1.29 is 14.3 Å². The van der Waals surface area contributed by atoms with Crippen LogP contribution in [-0.2, 0) is 14.3 Å². The molecule has 0 aromatic carbocycles. The fraction of sp³-hybridized carbons (Fsp3) is 0.727. The summed E-state index contributed by atoms with van der Waals surface area (Å²) in [5.41, 5.74) is 3.13. The first-order valence-corrected chi connectivity index (χ1v) is 9.91. The molecule has 25 heavy (non-hydrogen) atoms. The summed E-state index contributed by atoms with van der Waals surface area (Å²) in [6.07, 6.45) is 12.4. The molecule has 0 saturated heterocycles. The first-order valence-electron chi connectivity index (χ1n) is 9.91. The highest BCUT2D eigenvalue weighted by Gasteiger charge is 2.57. The highest BCUT2D eigenvalue weighted by molar-refractivity contribution is 5.91. The number of rotatable bonds is 1. The Morgan fingerprint density at radius 2 is 1.84 bits per heavy atom. The van der Waals surface area contributed by atoms with Gasteiger partial charge in [-0.3, -0.25) is 4.79 Å². The van der Waals surface area contributed by atoms with Gasteiger partial charge in [0.1, 0.15) is 0 Å². The van der Waals surface area contributed by atoms with Crippen LogP contribution in [0.25, 0.3) is 0 Å². The minimum absolute atomic E-state index is 0.164. The molecule has 3 nitrogen and oxygen atoms in total. The molecule has 0 radical (unpaired) electrons. The van der Waals surface area contributed by atoms with Crippen LogP contribution >= 0.6 is 0 Å². The second-order valence-corrected chi connectivity index (χ2v) is 9.16. The normalized spacial score (nSPS) is 44.6. The van der Waals surface area contributed by atoms with E-state index in [4.69, 9.17) is 4.74 Å². The maximum Gasteiger partial charge on any atom is 0.330 e. The molecule has 0 heterocycles. The lowest BCUT2D eigenvalue weighted by Crippen LogP contribution is -2.49. The van der Waals surface area contributed by atoms with Gasteiger partial charge in [0, 0.05) is 12.5 Å². The summed E-state index contributed by atoms with van der Waals surface area (Å²) in [5.74, 6) is 2.24. The average Bonchev–Trinajstić information content (AvgIpc) is 2.92. The van der Waals surface area contributed by atoms with Crippen LogP contribution in [0, 0.1) is 28.6 Å². The van der Waals surface area contributed by atoms with Crippen molar-refractivity contribution in [2.75, 3.05) is 7.11 Å². The minimum Gasteiger partial charge on any atom is -0.466 e. The van der Waals surface area contributed by atoms with Crippen molar-refractivity contribution in [3.8, 4) is 0 Å². The largest absolute Gasteiger partial charge is 0.466 e. The fourth-order valence-electron chi connectivity index (χ4n) is 6.85. The smallest absolute Gasteiger partial charge is 0.330 e. The van der Waals surface area contributed by atoms with Crippen LogP contribution in [0.4, 0.5) is 0 Å². The molecule has 5 atom stereocenters. The van der Waals surface area contributed by atoms with E-state index in [1.165, 1.54) is 43.9 Å². The second kappa shape index (κ2) is 5.82. The first-order chi connectivity index (χ1) is 11.9. The van der Waals surface area contributed by atoms with Gasteiger partial charge in [-0.25, -0.2) is 4.79 Å². The van der Waals surface area contributed by atoms with Crippen molar-refractivity contribution in [1.82, 2.24) is 0 Å². The number of methoxy groups -OCH3 is 1. The Balaban J connectivity index is 1.65. The molecule has 4 aliphatic rings. The van der Waals surface area contributed by atoms with E-state index in [1.54, 1.807) is 6.08 Å². The van der Waals surface area contributed by atoms with Crippen LogP contribution in [-0.4, -0.2) is 18.9 Å². The van der Waals surface area contributed by atoms with E-state index >= 15 is 0 Å². The number of fused-ring (bicyclic) bond motifs is 5. The zero-order valence-electron chi connectivity index (χ0n) is 15.8. The number of hydrogen-bond donors (Lipinski definition) is 0. The third-order valence-corrected chi connectivity index (χ3v) is 8.30. The summed E-state index contributed by atoms with van der Waals surface area (Å²) < 4.78 is 4.89. The molecule has 0 N–H and O–H groups in total. The summed E-state index contributed by atoms with van der Waals surface area (Å²) >= 11 is 0. The fourth-order valence-corrected chi connectivity index (χ4v) is 6.85. The molecule has 0 aliphatic heterocycles. The molecule has 136 valence electrons. The van der Waals surface area contributed by atoms with Gasteiger partial charge in [0.05, 0.1) is 7.11 Å². The Hall–Kier alpha value is -1.38. The second-order valence-electron chi connectivity index (χ2n) is 9.16. The SMILES string of the molecule is COC(=O)C=C1CC[C@H]2[C@@H]3CCC4=CC(=O)CC[C@]4(C)[C@H]3CC[C@]12C. The minimum atomic E-state index is -0.203. The summed E-state index contributed by atoms with van der Waals surface area (Å²) in [5, 5.41) is 0. The number of carbonyl (C=O) groups excluding carboxylic acids is 2. The summed E-state index contributed by atoms with van der Waals surface area (Å²) in [4.78, 5) is 23.7. The van der Waals surface area contributed by atoms with E-state index < -0.39 is 0 Å². The molecule has 3 saturated carbocycles. The van der Waals surface area contributed by atoms with Crippen molar-refractivity contribution in [3.05, 3.63) is 23.3 Å². The van der Waals surface area contributed by atoms with Gasteiger partial charge in [0.25, 0.3) is 0 Å². The Morgan fingerprint density at radius 1 is 1.08 bits per heavy atom. The number of allylic oxidation sites excluding steroid dienone is 2. The molecule has 0 spiro atoms. The van der Waals surface area contributed by atoms with Crippen LogP contribution in [0.5, 0.6) is 0 Å². The molecule has 3 fully saturated rings. The number of carbonyl (C=O) groups is 2. The summed E-state index contributed by atoms with van der Waals surface area (Å²) in [6, 6.07) is 0. The highest BCUT2D eigenvalue weighted by Crippen LogP contribution is 2.66. The lowest BCUT2D eigenvalue weighted by atomic mass is 9.47. The summed E-state index contributed by atoms with van der Waals surface area (Å²) in [7, 11) is 1.46. The zero-order valence-corrected chi connectivity index (χ0v) is 15.8. The third kappa shape index (κ3) is 2.45. The molecule has 4 rings (SSSR count). The van der Waals surface area contributed by atoms with Gasteiger partial charge < -0.3 is 4.74 Å². The number of hydrogen-bond acceptors (Lipinski definition) is 3. The predicted molar refractivity (Wildman–Crippen MR) is 96.8 cm³/mol. The molecule has 0 bridgehead atoms. The van der Waals surface area contributed by atoms with Crippen molar-refractivity contribution in [3.63, 3.8) is 0 Å². The maximum absolute atomic E-state index is 11.9. The van der Waals surface area contributed by atoms with E-state index in [0.717, 1.165) is 31.6 Å². The van der Waals surface area contributed by atoms with Gasteiger partial charge in [0.2, 0.25) is 0 Å². The molecule has 0 aromatic heterocycles. The van der Waals surface area contributed by atoms with Crippen molar-refractivity contribution >= 4 is 11.8 Å². The quantitative estimate of drug-likeness (QED) is 0.516. The number of ketones is 1. The van der Waals surface area contributed by atoms with Gasteiger partial charge in [-0.2, -0.15) is 0 Å². The van der Waals surface area contributed by atoms with Crippen molar-refractivity contribution in [2.45, 2.75) is 65.2 Å². The van der Waals surface area contributed by atoms with Gasteiger partial charge >= 0.3 is 5.97 Å². The Morgan fingerprint density at radius 3 is 2.60 bits per heavy atom. The van der Waals surface area contributed by atoms with Crippen molar-refractivity contribution in [2.24, 2.45) is 28.6 Å². The topological polar surface area (TPSA) is 43.4 Å². The summed E-state index contributed by atoms with van der Waals surface area (Å²) in [6.45, 7) is 4.80. The van der Waals surface area contributed by atoms with E-state index in [0.29, 0.717) is 17.6 Å². The molecule has 0 amide bonds. The van der Waals surface area contributed by atoms with Crippen LogP contribution in [0.1, 0.15) is 65.2 Å². The van der Waals surface area contributed by atoms with Crippen LogP contribution in [0.3, 0.4) is 0 Å². The number of esters is 1. The van der Waals surface area contributed by atoms with E-state index in [9.17, 15) is 9.59 Å². The molecule has 3 heteroatoms. The average molecular weight is 342 g/mol. The van der Waals surface area contributed by atoms with Crippen molar-refractivity contribution in [1.29, 1.82) is 0 Å². The van der Waals surface area contributed by atoms with E-state index in [1.807, 2.05) is 6.08 Å². The Kier molecular flexibility index (Phi) is 3.97. The Labute approximate surface area is 150 Å². The lowest BCUT2D eigenvalue weighted by molar-refractivity contribution is -0.135. The highest BCUT2D eigenvalue weighted by atomic mass is 16.5. The Bertz CT molecular complexity index is 673. The molecule has 0 unspecified atom stereocenters. The zero-order chi connectivity index (χ0) is 17.8. The molecular formula is C22H30O3. The van der Waals surface area contributed by atoms with Gasteiger partial charge in [-0.05, 0) is 79.6 Å². The molecule has 4 aliphatic carbocycles. The first kappa shape index (κ1) is 17.1. The van der Waals surface area contributed by atoms with Crippen LogP contribution < -0.4 is 0 Å². The van der Waals surface area contributed by atoms with E-state index in [-0.39, 0.29) is 16.8 Å².